The Morgan fingerprint density at radius 1 is 0.300 bits per heavy atom. The fourth-order valence-corrected chi connectivity index (χ4v) is 9.99. The van der Waals surface area contributed by atoms with Crippen LogP contribution < -0.4 is 0 Å². The molecule has 0 unspecified atom stereocenters. The average Bonchev–Trinajstić information content (AvgIpc) is 3.32. The van der Waals surface area contributed by atoms with Crippen LogP contribution in [-0.4, -0.2) is 0 Å². The van der Waals surface area contributed by atoms with Gasteiger partial charge in [-0.2, -0.15) is 0 Å². The smallest absolute Gasteiger partial charge is 0.000785 e. The van der Waals surface area contributed by atoms with Crippen molar-refractivity contribution in [2.75, 3.05) is 0 Å². The molecule has 0 saturated heterocycles. The fraction of sp³-hybridized carbons (Fsp3) is 0.0333. The maximum atomic E-state index is 2.46. The van der Waals surface area contributed by atoms with E-state index in [0.717, 1.165) is 12.8 Å². The molecule has 0 atom stereocenters. The summed E-state index contributed by atoms with van der Waals surface area (Å²) >= 11 is 0. The lowest BCUT2D eigenvalue weighted by Crippen LogP contribution is -1.98. The Morgan fingerprint density at radius 2 is 0.800 bits per heavy atom. The Morgan fingerprint density at radius 3 is 1.50 bits per heavy atom. The van der Waals surface area contributed by atoms with Crippen LogP contribution in [0.25, 0.3) is 116 Å². The topological polar surface area (TPSA) is 0 Å². The van der Waals surface area contributed by atoms with Crippen molar-refractivity contribution < 1.29 is 0 Å². The Bertz CT molecular complexity index is 3520. The molecule has 0 bridgehead atoms. The van der Waals surface area contributed by atoms with Gasteiger partial charge in [0.25, 0.3) is 0 Å². The van der Waals surface area contributed by atoms with Crippen LogP contribution in [-0.2, 0) is 6.42 Å². The average molecular weight is 761 g/mol. The van der Waals surface area contributed by atoms with Gasteiger partial charge in [0.1, 0.15) is 0 Å². The van der Waals surface area contributed by atoms with Gasteiger partial charge in [0.2, 0.25) is 0 Å². The number of allylic oxidation sites excluding steroid dienone is 1. The molecule has 11 aromatic carbocycles. The van der Waals surface area contributed by atoms with Crippen molar-refractivity contribution in [2.24, 2.45) is 0 Å². The summed E-state index contributed by atoms with van der Waals surface area (Å²) in [6, 6.07) is 77.2. The summed E-state index contributed by atoms with van der Waals surface area (Å²) in [7, 11) is 0. The number of aryl methyl sites for hydroxylation is 1. The van der Waals surface area contributed by atoms with Crippen LogP contribution in [0.15, 0.2) is 212 Å². The Hall–Kier alpha value is -7.54. The number of benzene rings is 11. The molecule has 0 saturated carbocycles. The minimum absolute atomic E-state index is 1.06. The summed E-state index contributed by atoms with van der Waals surface area (Å²) in [4.78, 5) is 0. The van der Waals surface area contributed by atoms with E-state index >= 15 is 0 Å². The first-order valence-electron chi connectivity index (χ1n) is 21.1. The second kappa shape index (κ2) is 14.1. The van der Waals surface area contributed by atoms with Crippen molar-refractivity contribution in [3.8, 4) is 55.6 Å². The van der Waals surface area contributed by atoms with E-state index in [1.54, 1.807) is 0 Å². The van der Waals surface area contributed by atoms with Crippen molar-refractivity contribution in [3.05, 3.63) is 223 Å². The third kappa shape index (κ3) is 5.68. The molecule has 280 valence electrons. The van der Waals surface area contributed by atoms with E-state index in [9.17, 15) is 0 Å². The van der Waals surface area contributed by atoms with Gasteiger partial charge in [-0.25, -0.2) is 0 Å². The molecule has 1 aliphatic rings. The van der Waals surface area contributed by atoms with Crippen LogP contribution >= 0.6 is 0 Å². The van der Waals surface area contributed by atoms with Crippen LogP contribution in [0.5, 0.6) is 0 Å². The van der Waals surface area contributed by atoms with Crippen molar-refractivity contribution >= 4 is 59.9 Å². The van der Waals surface area contributed by atoms with E-state index in [0.29, 0.717) is 0 Å². The van der Waals surface area contributed by atoms with Gasteiger partial charge in [0.05, 0.1) is 0 Å². The predicted molar refractivity (Wildman–Crippen MR) is 259 cm³/mol. The van der Waals surface area contributed by atoms with Crippen molar-refractivity contribution in [1.82, 2.24) is 0 Å². The Balaban J connectivity index is 1.22. The van der Waals surface area contributed by atoms with E-state index in [1.165, 1.54) is 121 Å². The zero-order chi connectivity index (χ0) is 39.6. The molecule has 1 aliphatic carbocycles. The summed E-state index contributed by atoms with van der Waals surface area (Å²) in [5.74, 6) is 0. The zero-order valence-corrected chi connectivity index (χ0v) is 33.2. The van der Waals surface area contributed by atoms with Crippen LogP contribution in [0.4, 0.5) is 0 Å². The molecular weight excluding hydrogens is 721 g/mol. The second-order valence-electron chi connectivity index (χ2n) is 16.3. The molecule has 0 radical (unpaired) electrons. The quantitative estimate of drug-likeness (QED) is 0.153. The van der Waals surface area contributed by atoms with Crippen LogP contribution in [0, 0.1) is 0 Å². The van der Waals surface area contributed by atoms with Gasteiger partial charge < -0.3 is 0 Å². The van der Waals surface area contributed by atoms with Gasteiger partial charge in [-0.05, 0) is 146 Å². The highest BCUT2D eigenvalue weighted by Crippen LogP contribution is 2.51. The van der Waals surface area contributed by atoms with E-state index < -0.39 is 0 Å². The number of hydrogen-bond donors (Lipinski definition) is 0. The standard InChI is InChI=1S/C60H40/c1-4-16-45-36-48(31-24-39(45)12-1)53-34-35-54(49-32-25-40-13-2-5-17-46(40)37-49)60-58(50-33-26-41-14-3-6-18-47(41)38-50)56-22-10-9-21-55(56)57(59(53)60)44-29-27-43(28-30-44)52-23-11-19-42-15-7-8-20-51(42)52/h1-3,5-15,17-38H,4,16H2. The molecule has 0 heteroatoms. The fourth-order valence-electron chi connectivity index (χ4n) is 9.99. The Kier molecular flexibility index (Phi) is 8.10. The monoisotopic (exact) mass is 760 g/mol. The summed E-state index contributed by atoms with van der Waals surface area (Å²) < 4.78 is 0. The molecule has 12 rings (SSSR count). The molecule has 0 N–H and O–H groups in total. The van der Waals surface area contributed by atoms with E-state index in [1.807, 2.05) is 0 Å². The van der Waals surface area contributed by atoms with E-state index in [2.05, 4.69) is 218 Å². The molecular formula is C60H40. The lowest BCUT2D eigenvalue weighted by atomic mass is 9.79. The number of fused-ring (bicyclic) bond motifs is 6. The van der Waals surface area contributed by atoms with Gasteiger partial charge >= 0.3 is 0 Å². The highest BCUT2D eigenvalue weighted by molar-refractivity contribution is 6.28. The maximum absolute atomic E-state index is 2.46. The highest BCUT2D eigenvalue weighted by Gasteiger charge is 2.24. The third-order valence-electron chi connectivity index (χ3n) is 12.9. The molecule has 0 amide bonds. The third-order valence-corrected chi connectivity index (χ3v) is 12.9. The van der Waals surface area contributed by atoms with Crippen molar-refractivity contribution in [1.29, 1.82) is 0 Å². The highest BCUT2D eigenvalue weighted by atomic mass is 14.3. The number of hydrogen-bond acceptors (Lipinski definition) is 0. The van der Waals surface area contributed by atoms with Crippen LogP contribution in [0.1, 0.15) is 17.5 Å². The molecule has 11 aromatic rings. The summed E-state index contributed by atoms with van der Waals surface area (Å²) in [6.07, 6.45) is 6.72. The SMILES string of the molecule is C1=Cc2ccc(-c3ccc(-c4ccc5ccccc5c4)c4c(-c5ccc6ccccc6c5)c5ccccc5c(-c5ccc(-c6cccc7ccccc67)cc5)c34)cc2CC1. The summed E-state index contributed by atoms with van der Waals surface area (Å²) in [5, 5.41) is 12.6. The molecule has 0 aromatic heterocycles. The largest absolute Gasteiger partial charge is 0.0836 e. The van der Waals surface area contributed by atoms with Crippen molar-refractivity contribution in [2.45, 2.75) is 12.8 Å². The van der Waals surface area contributed by atoms with E-state index in [4.69, 9.17) is 0 Å². The minimum Gasteiger partial charge on any atom is -0.0836 e. The minimum atomic E-state index is 1.06. The second-order valence-corrected chi connectivity index (χ2v) is 16.3. The van der Waals surface area contributed by atoms with E-state index in [-0.39, 0.29) is 0 Å². The van der Waals surface area contributed by atoms with Crippen LogP contribution in [0.2, 0.25) is 0 Å². The molecule has 0 nitrogen and oxygen atoms in total. The lowest BCUT2D eigenvalue weighted by molar-refractivity contribution is 0.986. The normalized spacial score (nSPS) is 12.5. The van der Waals surface area contributed by atoms with Gasteiger partial charge in [-0.15, -0.1) is 0 Å². The molecule has 0 aliphatic heterocycles. The van der Waals surface area contributed by atoms with Gasteiger partial charge in [-0.3, -0.25) is 0 Å². The van der Waals surface area contributed by atoms with Crippen LogP contribution in [0.3, 0.4) is 0 Å². The first kappa shape index (κ1) is 34.5. The maximum Gasteiger partial charge on any atom is -0.000785 e. The Labute approximate surface area is 350 Å². The molecule has 0 fully saturated rings. The predicted octanol–water partition coefficient (Wildman–Crippen LogP) is 16.7. The molecule has 0 spiro atoms. The summed E-state index contributed by atoms with van der Waals surface area (Å²) in [5.41, 5.74) is 15.2. The van der Waals surface area contributed by atoms with Gasteiger partial charge in [0.15, 0.2) is 0 Å². The molecule has 60 heavy (non-hydrogen) atoms. The van der Waals surface area contributed by atoms with Gasteiger partial charge in [0, 0.05) is 0 Å². The van der Waals surface area contributed by atoms with Gasteiger partial charge in [-0.1, -0.05) is 206 Å². The first-order chi connectivity index (χ1) is 29.7. The number of rotatable bonds is 5. The zero-order valence-electron chi connectivity index (χ0n) is 33.2. The van der Waals surface area contributed by atoms with Crippen molar-refractivity contribution in [3.63, 3.8) is 0 Å². The first-order valence-corrected chi connectivity index (χ1v) is 21.1. The molecule has 0 heterocycles. The lowest BCUT2D eigenvalue weighted by Gasteiger charge is -2.24. The summed E-state index contributed by atoms with van der Waals surface area (Å²) in [6.45, 7) is 0.